The van der Waals surface area contributed by atoms with E-state index in [0.717, 1.165) is 21.0 Å². The van der Waals surface area contributed by atoms with Crippen molar-refractivity contribution in [2.45, 2.75) is 0 Å². The van der Waals surface area contributed by atoms with Crippen molar-refractivity contribution < 1.29 is 5.11 Å². The summed E-state index contributed by atoms with van der Waals surface area (Å²) >= 11 is 1.52. The normalized spacial score (nSPS) is 11.1. The van der Waals surface area contributed by atoms with Gasteiger partial charge in [0, 0.05) is 22.3 Å². The van der Waals surface area contributed by atoms with E-state index in [1.165, 1.54) is 11.3 Å². The number of aromatic nitrogens is 1. The summed E-state index contributed by atoms with van der Waals surface area (Å²) in [5.74, 6) is 0.351. The van der Waals surface area contributed by atoms with Crippen LogP contribution >= 0.6 is 11.3 Å². The molecular formula is C11H7NOS. The maximum Gasteiger partial charge on any atom is 0.134 e. The molecule has 0 aliphatic rings. The fourth-order valence-electron chi connectivity index (χ4n) is 1.65. The molecule has 0 atom stereocenters. The van der Waals surface area contributed by atoms with Crippen molar-refractivity contribution in [3.8, 4) is 5.75 Å². The Bertz CT molecular complexity index is 615. The molecule has 0 spiro atoms. The summed E-state index contributed by atoms with van der Waals surface area (Å²) in [5.41, 5.74) is 0.925. The van der Waals surface area contributed by atoms with Gasteiger partial charge in [0.05, 0.1) is 10.2 Å². The minimum Gasteiger partial charge on any atom is -0.506 e. The van der Waals surface area contributed by atoms with Crippen LogP contribution in [0.5, 0.6) is 5.75 Å². The monoisotopic (exact) mass is 201 g/mol. The van der Waals surface area contributed by atoms with Crippen molar-refractivity contribution in [3.05, 3.63) is 35.8 Å². The van der Waals surface area contributed by atoms with Crippen LogP contribution in [-0.2, 0) is 0 Å². The molecule has 14 heavy (non-hydrogen) atoms. The van der Waals surface area contributed by atoms with Crippen LogP contribution in [0.15, 0.2) is 35.8 Å². The summed E-state index contributed by atoms with van der Waals surface area (Å²) in [5, 5.41) is 13.4. The third kappa shape index (κ3) is 0.930. The molecule has 0 saturated carbocycles. The van der Waals surface area contributed by atoms with Crippen LogP contribution < -0.4 is 0 Å². The lowest BCUT2D eigenvalue weighted by molar-refractivity contribution is 0.484. The molecule has 0 radical (unpaired) electrons. The zero-order valence-electron chi connectivity index (χ0n) is 7.27. The van der Waals surface area contributed by atoms with Gasteiger partial charge in [-0.1, -0.05) is 18.2 Å². The SMILES string of the molecule is Oc1csc2cnc3ccccc3c12. The molecule has 0 amide bonds. The van der Waals surface area contributed by atoms with Crippen molar-refractivity contribution in [2.75, 3.05) is 0 Å². The van der Waals surface area contributed by atoms with Gasteiger partial charge in [0.15, 0.2) is 0 Å². The summed E-state index contributed by atoms with van der Waals surface area (Å²) < 4.78 is 1.03. The highest BCUT2D eigenvalue weighted by Gasteiger charge is 2.06. The van der Waals surface area contributed by atoms with Gasteiger partial charge in [-0.2, -0.15) is 0 Å². The minimum absolute atomic E-state index is 0.351. The molecule has 0 bridgehead atoms. The average molecular weight is 201 g/mol. The molecule has 2 nitrogen and oxygen atoms in total. The number of nitrogens with zero attached hydrogens (tertiary/aromatic N) is 1. The first kappa shape index (κ1) is 7.76. The zero-order chi connectivity index (χ0) is 9.54. The first-order valence-electron chi connectivity index (χ1n) is 4.30. The molecule has 0 aliphatic carbocycles. The van der Waals surface area contributed by atoms with Crippen LogP contribution in [0.25, 0.3) is 21.0 Å². The van der Waals surface area contributed by atoms with Gasteiger partial charge in [-0.3, -0.25) is 4.98 Å². The molecule has 3 rings (SSSR count). The van der Waals surface area contributed by atoms with Gasteiger partial charge in [-0.05, 0) is 6.07 Å². The highest BCUT2D eigenvalue weighted by atomic mass is 32.1. The van der Waals surface area contributed by atoms with Gasteiger partial charge >= 0.3 is 0 Å². The second-order valence-electron chi connectivity index (χ2n) is 3.14. The number of pyridine rings is 1. The Morgan fingerprint density at radius 2 is 2.07 bits per heavy atom. The smallest absolute Gasteiger partial charge is 0.134 e. The lowest BCUT2D eigenvalue weighted by atomic mass is 10.1. The van der Waals surface area contributed by atoms with Crippen molar-refractivity contribution in [2.24, 2.45) is 0 Å². The van der Waals surface area contributed by atoms with Crippen LogP contribution in [0.3, 0.4) is 0 Å². The quantitative estimate of drug-likeness (QED) is 0.606. The van der Waals surface area contributed by atoms with Gasteiger partial charge < -0.3 is 5.11 Å². The molecule has 3 heteroatoms. The van der Waals surface area contributed by atoms with Gasteiger partial charge in [-0.15, -0.1) is 11.3 Å². The lowest BCUT2D eigenvalue weighted by Crippen LogP contribution is -1.77. The third-order valence-electron chi connectivity index (χ3n) is 2.29. The summed E-state index contributed by atoms with van der Waals surface area (Å²) in [4.78, 5) is 4.32. The van der Waals surface area contributed by atoms with E-state index < -0.39 is 0 Å². The van der Waals surface area contributed by atoms with Crippen molar-refractivity contribution in [1.29, 1.82) is 0 Å². The predicted molar refractivity (Wildman–Crippen MR) is 58.8 cm³/mol. The zero-order valence-corrected chi connectivity index (χ0v) is 8.08. The van der Waals surface area contributed by atoms with Crippen molar-refractivity contribution in [1.82, 2.24) is 4.98 Å². The molecule has 2 aromatic heterocycles. The second kappa shape index (κ2) is 2.69. The number of hydrogen-bond donors (Lipinski definition) is 1. The van der Waals surface area contributed by atoms with Gasteiger partial charge in [0.1, 0.15) is 5.75 Å². The molecule has 2 heterocycles. The van der Waals surface area contributed by atoms with Crippen LogP contribution in [0.4, 0.5) is 0 Å². The van der Waals surface area contributed by atoms with Crippen LogP contribution in [-0.4, -0.2) is 10.1 Å². The molecule has 3 aromatic rings. The fourth-order valence-corrected chi connectivity index (χ4v) is 2.46. The molecular weight excluding hydrogens is 194 g/mol. The first-order valence-corrected chi connectivity index (χ1v) is 5.18. The Balaban J connectivity index is 2.65. The Morgan fingerprint density at radius 1 is 1.21 bits per heavy atom. The summed E-state index contributed by atoms with van der Waals surface area (Å²) in [6.07, 6.45) is 1.81. The highest BCUT2D eigenvalue weighted by Crippen LogP contribution is 2.35. The molecule has 68 valence electrons. The number of fused-ring (bicyclic) bond motifs is 3. The van der Waals surface area contributed by atoms with E-state index in [9.17, 15) is 5.11 Å². The molecule has 0 aliphatic heterocycles. The Morgan fingerprint density at radius 3 is 3.00 bits per heavy atom. The van der Waals surface area contributed by atoms with E-state index in [-0.39, 0.29) is 0 Å². The lowest BCUT2D eigenvalue weighted by Gasteiger charge is -1.98. The van der Waals surface area contributed by atoms with E-state index in [4.69, 9.17) is 0 Å². The number of aromatic hydroxyl groups is 1. The standard InChI is InChI=1S/C11H7NOS/c13-9-6-14-10-5-12-8-4-2-1-3-7(8)11(9)10/h1-6,13H. The van der Waals surface area contributed by atoms with E-state index in [0.29, 0.717) is 5.75 Å². The van der Waals surface area contributed by atoms with E-state index in [1.807, 2.05) is 30.5 Å². The summed E-state index contributed by atoms with van der Waals surface area (Å²) in [7, 11) is 0. The van der Waals surface area contributed by atoms with Gasteiger partial charge in [0.2, 0.25) is 0 Å². The van der Waals surface area contributed by atoms with Gasteiger partial charge in [0.25, 0.3) is 0 Å². The Labute approximate surface area is 84.4 Å². The fraction of sp³-hybridized carbons (Fsp3) is 0. The predicted octanol–water partition coefficient (Wildman–Crippen LogP) is 3.16. The van der Waals surface area contributed by atoms with E-state index in [1.54, 1.807) is 5.38 Å². The number of rotatable bonds is 0. The maximum absolute atomic E-state index is 9.69. The molecule has 0 fully saturated rings. The van der Waals surface area contributed by atoms with Crippen LogP contribution in [0.1, 0.15) is 0 Å². The molecule has 0 saturated heterocycles. The number of benzene rings is 1. The number of para-hydroxylation sites is 1. The summed E-state index contributed by atoms with van der Waals surface area (Å²) in [6, 6.07) is 7.84. The minimum atomic E-state index is 0.351. The van der Waals surface area contributed by atoms with Gasteiger partial charge in [-0.25, -0.2) is 0 Å². The maximum atomic E-state index is 9.69. The van der Waals surface area contributed by atoms with Crippen molar-refractivity contribution in [3.63, 3.8) is 0 Å². The van der Waals surface area contributed by atoms with E-state index in [2.05, 4.69) is 4.98 Å². The number of thiophene rings is 1. The first-order chi connectivity index (χ1) is 6.86. The topological polar surface area (TPSA) is 33.1 Å². The second-order valence-corrected chi connectivity index (χ2v) is 4.05. The average Bonchev–Trinajstić information content (AvgIpc) is 2.61. The summed E-state index contributed by atoms with van der Waals surface area (Å²) in [6.45, 7) is 0. The van der Waals surface area contributed by atoms with Crippen LogP contribution in [0, 0.1) is 0 Å². The molecule has 1 N–H and O–H groups in total. The highest BCUT2D eigenvalue weighted by molar-refractivity contribution is 7.17. The van der Waals surface area contributed by atoms with Crippen LogP contribution in [0.2, 0.25) is 0 Å². The van der Waals surface area contributed by atoms with Crippen molar-refractivity contribution >= 4 is 32.3 Å². The Hall–Kier alpha value is -1.61. The third-order valence-corrected chi connectivity index (χ3v) is 3.20. The molecule has 0 unspecified atom stereocenters. The Kier molecular flexibility index (Phi) is 1.49. The largest absolute Gasteiger partial charge is 0.506 e. The number of hydrogen-bond acceptors (Lipinski definition) is 3. The molecule has 1 aromatic carbocycles. The van der Waals surface area contributed by atoms with E-state index >= 15 is 0 Å².